The molecular formula is C18H26ClIN6O. The van der Waals surface area contributed by atoms with E-state index in [9.17, 15) is 0 Å². The van der Waals surface area contributed by atoms with Gasteiger partial charge in [0.05, 0.1) is 10.7 Å². The predicted octanol–water partition coefficient (Wildman–Crippen LogP) is 3.24. The molecule has 148 valence electrons. The van der Waals surface area contributed by atoms with Gasteiger partial charge in [0, 0.05) is 37.9 Å². The Morgan fingerprint density at radius 2 is 2.30 bits per heavy atom. The number of rotatable bonds is 6. The second kappa shape index (κ2) is 10.7. The van der Waals surface area contributed by atoms with Gasteiger partial charge in [-0.05, 0) is 31.9 Å². The highest BCUT2D eigenvalue weighted by Crippen LogP contribution is 2.25. The third kappa shape index (κ3) is 5.97. The van der Waals surface area contributed by atoms with Crippen molar-refractivity contribution in [1.82, 2.24) is 20.8 Å². The Morgan fingerprint density at radius 1 is 1.44 bits per heavy atom. The normalized spacial score (nSPS) is 16.9. The van der Waals surface area contributed by atoms with Crippen molar-refractivity contribution < 1.29 is 4.52 Å². The Morgan fingerprint density at radius 3 is 3.00 bits per heavy atom. The van der Waals surface area contributed by atoms with Crippen LogP contribution in [0, 0.1) is 0 Å². The van der Waals surface area contributed by atoms with E-state index in [1.807, 2.05) is 18.2 Å². The van der Waals surface area contributed by atoms with E-state index in [-0.39, 0.29) is 30.0 Å². The minimum atomic E-state index is 0. The molecule has 0 amide bonds. The third-order valence-corrected chi connectivity index (χ3v) is 4.57. The fraction of sp³-hybridized carbons (Fsp3) is 0.500. The zero-order chi connectivity index (χ0) is 18.4. The first kappa shape index (κ1) is 21.7. The van der Waals surface area contributed by atoms with E-state index in [4.69, 9.17) is 16.1 Å². The van der Waals surface area contributed by atoms with E-state index in [2.05, 4.69) is 44.5 Å². The van der Waals surface area contributed by atoms with Gasteiger partial charge in [0.25, 0.3) is 0 Å². The molecule has 0 bridgehead atoms. The molecule has 0 saturated carbocycles. The Kier molecular flexibility index (Phi) is 8.62. The van der Waals surface area contributed by atoms with E-state index in [1.165, 1.54) is 0 Å². The van der Waals surface area contributed by atoms with E-state index in [0.717, 1.165) is 55.7 Å². The molecule has 3 heterocycles. The Bertz CT molecular complexity index is 753. The van der Waals surface area contributed by atoms with Crippen molar-refractivity contribution in [3.05, 3.63) is 40.9 Å². The van der Waals surface area contributed by atoms with Crippen LogP contribution in [0.2, 0.25) is 5.02 Å². The van der Waals surface area contributed by atoms with Crippen LogP contribution < -0.4 is 15.5 Å². The topological polar surface area (TPSA) is 78.6 Å². The molecule has 9 heteroatoms. The second-order valence-electron chi connectivity index (χ2n) is 6.22. The van der Waals surface area contributed by atoms with Crippen molar-refractivity contribution in [2.75, 3.05) is 24.5 Å². The van der Waals surface area contributed by atoms with Gasteiger partial charge in [-0.3, -0.25) is 0 Å². The first-order valence-corrected chi connectivity index (χ1v) is 9.42. The van der Waals surface area contributed by atoms with Gasteiger partial charge in [-0.1, -0.05) is 23.7 Å². The van der Waals surface area contributed by atoms with E-state index >= 15 is 0 Å². The monoisotopic (exact) mass is 504 g/mol. The Labute approximate surface area is 182 Å². The fourth-order valence-electron chi connectivity index (χ4n) is 2.95. The molecule has 2 aromatic rings. The molecule has 1 aliphatic heterocycles. The molecule has 1 aliphatic rings. The van der Waals surface area contributed by atoms with Crippen LogP contribution in [-0.4, -0.2) is 41.8 Å². The number of guanidine groups is 1. The van der Waals surface area contributed by atoms with Crippen molar-refractivity contribution >= 4 is 47.4 Å². The highest BCUT2D eigenvalue weighted by atomic mass is 127. The maximum Gasteiger partial charge on any atom is 0.191 e. The summed E-state index contributed by atoms with van der Waals surface area (Å²) in [6.45, 7) is 7.11. The van der Waals surface area contributed by atoms with Gasteiger partial charge in [-0.2, -0.15) is 0 Å². The smallest absolute Gasteiger partial charge is 0.191 e. The van der Waals surface area contributed by atoms with Crippen LogP contribution in [0.25, 0.3) is 0 Å². The molecule has 3 rings (SSSR count). The molecular weight excluding hydrogens is 479 g/mol. The maximum atomic E-state index is 6.26. The molecule has 0 aromatic carbocycles. The molecule has 0 aliphatic carbocycles. The van der Waals surface area contributed by atoms with Crippen LogP contribution in [-0.2, 0) is 13.0 Å². The molecule has 1 fully saturated rings. The zero-order valence-electron chi connectivity index (χ0n) is 15.6. The van der Waals surface area contributed by atoms with Gasteiger partial charge < -0.3 is 20.1 Å². The fourth-order valence-corrected chi connectivity index (χ4v) is 3.19. The quantitative estimate of drug-likeness (QED) is 0.357. The lowest BCUT2D eigenvalue weighted by atomic mass is 10.3. The lowest BCUT2D eigenvalue weighted by Gasteiger charge is -2.20. The number of nitrogens with zero attached hydrogens (tertiary/aromatic N) is 4. The van der Waals surface area contributed by atoms with E-state index in [0.29, 0.717) is 11.6 Å². The molecule has 2 aromatic heterocycles. The average molecular weight is 505 g/mol. The molecule has 0 spiro atoms. The largest absolute Gasteiger partial charge is 0.359 e. The molecule has 1 atom stereocenters. The van der Waals surface area contributed by atoms with E-state index in [1.54, 1.807) is 6.20 Å². The predicted molar refractivity (Wildman–Crippen MR) is 119 cm³/mol. The molecule has 1 saturated heterocycles. The van der Waals surface area contributed by atoms with Crippen molar-refractivity contribution in [1.29, 1.82) is 0 Å². The lowest BCUT2D eigenvalue weighted by molar-refractivity contribution is 0.379. The number of aromatic nitrogens is 2. The summed E-state index contributed by atoms with van der Waals surface area (Å²) in [5.41, 5.74) is 0.951. The summed E-state index contributed by atoms with van der Waals surface area (Å²) in [6.07, 6.45) is 3.63. The SMILES string of the molecule is CCNC(=NCc1cc(CC)no1)NC1CCN(c2ncccc2Cl)C1.I. The van der Waals surface area contributed by atoms with Gasteiger partial charge >= 0.3 is 0 Å². The minimum Gasteiger partial charge on any atom is -0.359 e. The van der Waals surface area contributed by atoms with Crippen LogP contribution in [0.4, 0.5) is 5.82 Å². The molecule has 7 nitrogen and oxygen atoms in total. The van der Waals surface area contributed by atoms with Gasteiger partial charge in [-0.25, -0.2) is 9.98 Å². The highest BCUT2D eigenvalue weighted by molar-refractivity contribution is 14.0. The summed E-state index contributed by atoms with van der Waals surface area (Å²) >= 11 is 6.26. The summed E-state index contributed by atoms with van der Waals surface area (Å²) in [4.78, 5) is 11.2. The first-order valence-electron chi connectivity index (χ1n) is 9.04. The summed E-state index contributed by atoms with van der Waals surface area (Å²) in [5.74, 6) is 2.39. The van der Waals surface area contributed by atoms with Gasteiger partial charge in [0.15, 0.2) is 11.7 Å². The standard InChI is InChI=1S/C18H25ClN6O.HI/c1-3-13-10-15(26-24-13)11-22-18(20-4-2)23-14-7-9-25(12-14)17-16(19)6-5-8-21-17;/h5-6,8,10,14H,3-4,7,9,11-12H2,1-2H3,(H2,20,22,23);1H. The number of hydrogen-bond acceptors (Lipinski definition) is 5. The molecule has 2 N–H and O–H groups in total. The summed E-state index contributed by atoms with van der Waals surface area (Å²) < 4.78 is 5.30. The van der Waals surface area contributed by atoms with Gasteiger partial charge in [0.2, 0.25) is 0 Å². The van der Waals surface area contributed by atoms with Crippen molar-refractivity contribution in [2.45, 2.75) is 39.3 Å². The number of aliphatic imine (C=N–C) groups is 1. The highest BCUT2D eigenvalue weighted by Gasteiger charge is 2.25. The van der Waals surface area contributed by atoms with Crippen LogP contribution in [0.5, 0.6) is 0 Å². The summed E-state index contributed by atoms with van der Waals surface area (Å²) in [7, 11) is 0. The minimum absolute atomic E-state index is 0. The van der Waals surface area contributed by atoms with Crippen LogP contribution in [0.1, 0.15) is 31.7 Å². The van der Waals surface area contributed by atoms with Crippen LogP contribution in [0.15, 0.2) is 33.9 Å². The average Bonchev–Trinajstić information content (AvgIpc) is 3.29. The summed E-state index contributed by atoms with van der Waals surface area (Å²) in [6, 6.07) is 5.96. The lowest BCUT2D eigenvalue weighted by Crippen LogP contribution is -2.44. The van der Waals surface area contributed by atoms with Crippen LogP contribution >= 0.6 is 35.6 Å². The Balaban J connectivity index is 0.00000261. The number of aryl methyl sites for hydroxylation is 1. The molecule has 1 unspecified atom stereocenters. The maximum absolute atomic E-state index is 6.26. The van der Waals surface area contributed by atoms with Gasteiger partial charge in [0.1, 0.15) is 12.4 Å². The zero-order valence-corrected chi connectivity index (χ0v) is 18.7. The number of halogens is 2. The number of pyridine rings is 1. The second-order valence-corrected chi connectivity index (χ2v) is 6.63. The number of hydrogen-bond donors (Lipinski definition) is 2. The van der Waals surface area contributed by atoms with Gasteiger partial charge in [-0.15, -0.1) is 24.0 Å². The first-order chi connectivity index (χ1) is 12.7. The number of nitrogens with one attached hydrogen (secondary N) is 2. The molecule has 0 radical (unpaired) electrons. The molecule has 27 heavy (non-hydrogen) atoms. The van der Waals surface area contributed by atoms with E-state index < -0.39 is 0 Å². The Hall–Kier alpha value is -1.55. The van der Waals surface area contributed by atoms with Crippen molar-refractivity contribution in [2.24, 2.45) is 4.99 Å². The van der Waals surface area contributed by atoms with Crippen molar-refractivity contribution in [3.8, 4) is 0 Å². The number of anilines is 1. The summed E-state index contributed by atoms with van der Waals surface area (Å²) in [5, 5.41) is 11.5. The third-order valence-electron chi connectivity index (χ3n) is 4.27. The van der Waals surface area contributed by atoms with Crippen molar-refractivity contribution in [3.63, 3.8) is 0 Å². The van der Waals surface area contributed by atoms with Crippen LogP contribution in [0.3, 0.4) is 0 Å².